The smallest absolute Gasteiger partial charge is 0.228 e. The van der Waals surface area contributed by atoms with E-state index in [-0.39, 0.29) is 12.1 Å². The second-order valence-corrected chi connectivity index (χ2v) is 3.77. The van der Waals surface area contributed by atoms with Crippen LogP contribution in [0.2, 0.25) is 0 Å². The molecule has 0 amide bonds. The van der Waals surface area contributed by atoms with Gasteiger partial charge in [-0.3, -0.25) is 0 Å². The van der Waals surface area contributed by atoms with Crippen LogP contribution in [0.4, 0.5) is 0 Å². The molecular weight excluding hydrogens is 206 g/mol. The Morgan fingerprint density at radius 3 is 2.62 bits per heavy atom. The van der Waals surface area contributed by atoms with Gasteiger partial charge in [0.15, 0.2) is 0 Å². The van der Waals surface area contributed by atoms with E-state index in [2.05, 4.69) is 10.1 Å². The molecule has 1 rings (SSSR count). The minimum absolute atomic E-state index is 0.0691. The van der Waals surface area contributed by atoms with Crippen molar-refractivity contribution < 1.29 is 9.26 Å². The summed E-state index contributed by atoms with van der Waals surface area (Å²) >= 11 is 0. The van der Waals surface area contributed by atoms with E-state index in [0.29, 0.717) is 24.7 Å². The molecule has 2 atom stereocenters. The Balaban J connectivity index is 2.62. The van der Waals surface area contributed by atoms with Crippen LogP contribution in [0.3, 0.4) is 0 Å². The SMILES string of the molecule is CCOC(CC)c1noc(CC(N)CC)n1. The van der Waals surface area contributed by atoms with Gasteiger partial charge in [0.2, 0.25) is 11.7 Å². The maximum Gasteiger partial charge on any atom is 0.228 e. The van der Waals surface area contributed by atoms with Gasteiger partial charge in [0.05, 0.1) is 0 Å². The fraction of sp³-hybridized carbons (Fsp3) is 0.818. The third-order valence-electron chi connectivity index (χ3n) is 2.47. The van der Waals surface area contributed by atoms with E-state index in [1.807, 2.05) is 20.8 Å². The number of nitrogens with zero attached hydrogens (tertiary/aromatic N) is 2. The average molecular weight is 227 g/mol. The minimum atomic E-state index is -0.0691. The fourth-order valence-corrected chi connectivity index (χ4v) is 1.43. The Morgan fingerprint density at radius 2 is 2.06 bits per heavy atom. The molecule has 2 N–H and O–H groups in total. The van der Waals surface area contributed by atoms with Crippen LogP contribution in [0.25, 0.3) is 0 Å². The molecule has 5 heteroatoms. The number of aromatic nitrogens is 2. The molecule has 0 fully saturated rings. The normalized spacial score (nSPS) is 15.0. The van der Waals surface area contributed by atoms with Crippen molar-refractivity contribution in [3.8, 4) is 0 Å². The third-order valence-corrected chi connectivity index (χ3v) is 2.47. The van der Waals surface area contributed by atoms with Crippen LogP contribution in [0.15, 0.2) is 4.52 Å². The topological polar surface area (TPSA) is 74.2 Å². The standard InChI is InChI=1S/C11H21N3O2/c1-4-8(12)7-10-13-11(14-16-10)9(5-2)15-6-3/h8-9H,4-7,12H2,1-3H3. The van der Waals surface area contributed by atoms with Gasteiger partial charge < -0.3 is 15.0 Å². The monoisotopic (exact) mass is 227 g/mol. The zero-order valence-electron chi connectivity index (χ0n) is 10.3. The Hall–Kier alpha value is -0.940. The summed E-state index contributed by atoms with van der Waals surface area (Å²) in [5.41, 5.74) is 5.82. The molecule has 1 aromatic heterocycles. The van der Waals surface area contributed by atoms with Gasteiger partial charge in [0.25, 0.3) is 0 Å². The van der Waals surface area contributed by atoms with Crippen LogP contribution in [-0.2, 0) is 11.2 Å². The van der Waals surface area contributed by atoms with Gasteiger partial charge in [0.1, 0.15) is 6.10 Å². The predicted octanol–water partition coefficient (Wildman–Crippen LogP) is 1.84. The Bertz CT molecular complexity index is 301. The van der Waals surface area contributed by atoms with Crippen LogP contribution >= 0.6 is 0 Å². The maximum atomic E-state index is 5.82. The third kappa shape index (κ3) is 3.57. The second-order valence-electron chi connectivity index (χ2n) is 3.77. The van der Waals surface area contributed by atoms with E-state index < -0.39 is 0 Å². The number of nitrogens with two attached hydrogens (primary N) is 1. The first kappa shape index (κ1) is 13.1. The van der Waals surface area contributed by atoms with Gasteiger partial charge >= 0.3 is 0 Å². The van der Waals surface area contributed by atoms with Crippen molar-refractivity contribution in [3.05, 3.63) is 11.7 Å². The zero-order valence-corrected chi connectivity index (χ0v) is 10.3. The van der Waals surface area contributed by atoms with Crippen molar-refractivity contribution in [3.63, 3.8) is 0 Å². The summed E-state index contributed by atoms with van der Waals surface area (Å²) in [6.07, 6.45) is 2.30. The quantitative estimate of drug-likeness (QED) is 0.769. The predicted molar refractivity (Wildman–Crippen MR) is 60.9 cm³/mol. The Morgan fingerprint density at radius 1 is 1.31 bits per heavy atom. The largest absolute Gasteiger partial charge is 0.370 e. The molecule has 0 spiro atoms. The lowest BCUT2D eigenvalue weighted by molar-refractivity contribution is 0.0518. The summed E-state index contributed by atoms with van der Waals surface area (Å²) < 4.78 is 10.7. The highest BCUT2D eigenvalue weighted by molar-refractivity contribution is 4.92. The molecule has 0 aromatic carbocycles. The highest BCUT2D eigenvalue weighted by atomic mass is 16.5. The van der Waals surface area contributed by atoms with Crippen LogP contribution in [0.5, 0.6) is 0 Å². The summed E-state index contributed by atoms with van der Waals surface area (Å²) in [7, 11) is 0. The summed E-state index contributed by atoms with van der Waals surface area (Å²) in [6.45, 7) is 6.68. The van der Waals surface area contributed by atoms with Crippen molar-refractivity contribution in [2.45, 2.75) is 52.2 Å². The first-order valence-corrected chi connectivity index (χ1v) is 5.90. The van der Waals surface area contributed by atoms with Crippen molar-refractivity contribution in [1.29, 1.82) is 0 Å². The van der Waals surface area contributed by atoms with E-state index in [4.69, 9.17) is 15.0 Å². The lowest BCUT2D eigenvalue weighted by atomic mass is 10.2. The summed E-state index contributed by atoms with van der Waals surface area (Å²) in [6, 6.07) is 0.0838. The van der Waals surface area contributed by atoms with Crippen LogP contribution in [-0.4, -0.2) is 22.8 Å². The summed E-state index contributed by atoms with van der Waals surface area (Å²) in [5.74, 6) is 1.23. The average Bonchev–Trinajstić information content (AvgIpc) is 2.74. The molecule has 0 aliphatic rings. The molecule has 16 heavy (non-hydrogen) atoms. The van der Waals surface area contributed by atoms with E-state index in [9.17, 15) is 0 Å². The summed E-state index contributed by atoms with van der Waals surface area (Å²) in [4.78, 5) is 4.31. The maximum absolute atomic E-state index is 5.82. The van der Waals surface area contributed by atoms with Gasteiger partial charge in [-0.15, -0.1) is 0 Å². The molecule has 0 radical (unpaired) electrons. The van der Waals surface area contributed by atoms with Crippen LogP contribution < -0.4 is 5.73 Å². The number of hydrogen-bond donors (Lipinski definition) is 1. The first-order valence-electron chi connectivity index (χ1n) is 5.90. The number of hydrogen-bond acceptors (Lipinski definition) is 5. The van der Waals surface area contributed by atoms with Gasteiger partial charge in [-0.2, -0.15) is 4.98 Å². The van der Waals surface area contributed by atoms with Crippen LogP contribution in [0, 0.1) is 0 Å². The highest BCUT2D eigenvalue weighted by Crippen LogP contribution is 2.18. The Labute approximate surface area is 96.4 Å². The lowest BCUT2D eigenvalue weighted by Gasteiger charge is -2.09. The van der Waals surface area contributed by atoms with Crippen molar-refractivity contribution >= 4 is 0 Å². The van der Waals surface area contributed by atoms with Crippen molar-refractivity contribution in [2.75, 3.05) is 6.61 Å². The molecule has 2 unspecified atom stereocenters. The Kier molecular flexibility index (Phi) is 5.42. The fourth-order valence-electron chi connectivity index (χ4n) is 1.43. The first-order chi connectivity index (χ1) is 7.71. The molecule has 0 aliphatic carbocycles. The molecule has 5 nitrogen and oxygen atoms in total. The molecule has 1 heterocycles. The van der Waals surface area contributed by atoms with Gasteiger partial charge in [-0.1, -0.05) is 19.0 Å². The van der Waals surface area contributed by atoms with Crippen molar-refractivity contribution in [1.82, 2.24) is 10.1 Å². The molecule has 0 saturated carbocycles. The molecule has 92 valence electrons. The molecular formula is C11H21N3O2. The van der Waals surface area contributed by atoms with E-state index in [0.717, 1.165) is 12.8 Å². The summed E-state index contributed by atoms with van der Waals surface area (Å²) in [5, 5.41) is 3.93. The van der Waals surface area contributed by atoms with Crippen LogP contribution in [0.1, 0.15) is 51.4 Å². The molecule has 0 bridgehead atoms. The zero-order chi connectivity index (χ0) is 12.0. The van der Waals surface area contributed by atoms with E-state index in [1.54, 1.807) is 0 Å². The highest BCUT2D eigenvalue weighted by Gasteiger charge is 2.17. The molecule has 0 saturated heterocycles. The molecule has 1 aromatic rings. The van der Waals surface area contributed by atoms with Gasteiger partial charge in [-0.25, -0.2) is 0 Å². The van der Waals surface area contributed by atoms with Gasteiger partial charge in [-0.05, 0) is 19.8 Å². The van der Waals surface area contributed by atoms with Gasteiger partial charge in [0, 0.05) is 19.1 Å². The molecule has 0 aliphatic heterocycles. The van der Waals surface area contributed by atoms with Crippen molar-refractivity contribution in [2.24, 2.45) is 5.73 Å². The number of ether oxygens (including phenoxy) is 1. The second kappa shape index (κ2) is 6.60. The lowest BCUT2D eigenvalue weighted by Crippen LogP contribution is -2.21. The minimum Gasteiger partial charge on any atom is -0.370 e. The number of rotatable bonds is 7. The van der Waals surface area contributed by atoms with E-state index in [1.165, 1.54) is 0 Å². The van der Waals surface area contributed by atoms with E-state index >= 15 is 0 Å².